The molecule has 8 heteroatoms. The standard InChI is InChI=1S/C32H41N3O4S/c1-8-26(6)33-32(37)27(7)34(20-28-12-10-9-11-24(28)4)31(36)21-35(30-18-15-23(3)19-25(30)5)40(38,39)29-16-13-22(2)14-17-29/h9-19,26-27H,8,20-21H2,1-7H3,(H,33,37). The normalized spacial score (nSPS) is 12.9. The fraction of sp³-hybridized carbons (Fsp3) is 0.375. The van der Waals surface area contributed by atoms with Crippen molar-refractivity contribution in [3.8, 4) is 0 Å². The number of hydrogen-bond acceptors (Lipinski definition) is 4. The fourth-order valence-corrected chi connectivity index (χ4v) is 5.93. The molecule has 1 N–H and O–H groups in total. The van der Waals surface area contributed by atoms with Gasteiger partial charge in [-0.1, -0.05) is 66.6 Å². The SMILES string of the molecule is CCC(C)NC(=O)C(C)N(Cc1ccccc1C)C(=O)CN(c1ccc(C)cc1C)S(=O)(=O)c1ccc(C)cc1. The Hall–Kier alpha value is -3.65. The molecule has 0 saturated carbocycles. The van der Waals surface area contributed by atoms with Crippen LogP contribution in [-0.2, 0) is 26.2 Å². The van der Waals surface area contributed by atoms with E-state index in [-0.39, 0.29) is 23.4 Å². The highest BCUT2D eigenvalue weighted by Crippen LogP contribution is 2.28. The molecule has 40 heavy (non-hydrogen) atoms. The van der Waals surface area contributed by atoms with E-state index in [9.17, 15) is 18.0 Å². The summed E-state index contributed by atoms with van der Waals surface area (Å²) in [6.07, 6.45) is 0.749. The molecule has 0 radical (unpaired) electrons. The van der Waals surface area contributed by atoms with Crippen LogP contribution in [0.1, 0.15) is 55.0 Å². The summed E-state index contributed by atoms with van der Waals surface area (Å²) >= 11 is 0. The van der Waals surface area contributed by atoms with Crippen LogP contribution in [0.2, 0.25) is 0 Å². The lowest BCUT2D eigenvalue weighted by Gasteiger charge is -2.33. The number of hydrogen-bond donors (Lipinski definition) is 1. The number of nitrogens with one attached hydrogen (secondary N) is 1. The van der Waals surface area contributed by atoms with E-state index >= 15 is 0 Å². The smallest absolute Gasteiger partial charge is 0.264 e. The van der Waals surface area contributed by atoms with Gasteiger partial charge in [-0.25, -0.2) is 8.42 Å². The molecular weight excluding hydrogens is 522 g/mol. The molecule has 3 rings (SSSR count). The quantitative estimate of drug-likeness (QED) is 0.336. The lowest BCUT2D eigenvalue weighted by molar-refractivity contribution is -0.139. The molecule has 3 aromatic carbocycles. The summed E-state index contributed by atoms with van der Waals surface area (Å²) in [5, 5.41) is 2.96. The molecule has 2 unspecified atom stereocenters. The molecule has 214 valence electrons. The molecule has 0 aromatic heterocycles. The third-order valence-corrected chi connectivity index (χ3v) is 9.05. The Morgan fingerprint density at radius 2 is 1.48 bits per heavy atom. The van der Waals surface area contributed by atoms with Gasteiger partial charge in [0.15, 0.2) is 0 Å². The molecule has 0 fully saturated rings. The van der Waals surface area contributed by atoms with Crippen LogP contribution in [0.15, 0.2) is 71.6 Å². The second-order valence-corrected chi connectivity index (χ2v) is 12.4. The van der Waals surface area contributed by atoms with E-state index in [2.05, 4.69) is 5.32 Å². The molecule has 0 aliphatic rings. The van der Waals surface area contributed by atoms with Crippen LogP contribution >= 0.6 is 0 Å². The van der Waals surface area contributed by atoms with E-state index in [1.165, 1.54) is 9.21 Å². The summed E-state index contributed by atoms with van der Waals surface area (Å²) in [5.41, 5.74) is 4.94. The molecule has 7 nitrogen and oxygen atoms in total. The molecule has 0 spiro atoms. The third-order valence-electron chi connectivity index (χ3n) is 7.28. The number of carbonyl (C=O) groups excluding carboxylic acids is 2. The van der Waals surface area contributed by atoms with Gasteiger partial charge in [0, 0.05) is 12.6 Å². The number of aryl methyl sites for hydroxylation is 4. The highest BCUT2D eigenvalue weighted by atomic mass is 32.2. The van der Waals surface area contributed by atoms with Crippen LogP contribution in [-0.4, -0.2) is 43.8 Å². The van der Waals surface area contributed by atoms with Crippen molar-refractivity contribution in [1.29, 1.82) is 0 Å². The predicted octanol–water partition coefficient (Wildman–Crippen LogP) is 5.45. The van der Waals surface area contributed by atoms with Crippen molar-refractivity contribution in [2.45, 2.75) is 78.4 Å². The summed E-state index contributed by atoms with van der Waals surface area (Å²) < 4.78 is 29.2. The Bertz CT molecular complexity index is 1450. The molecular formula is C32H41N3O4S. The number of sulfonamides is 1. The summed E-state index contributed by atoms with van der Waals surface area (Å²) in [6, 6.07) is 18.8. The second kappa shape index (κ2) is 13.1. The Morgan fingerprint density at radius 1 is 0.850 bits per heavy atom. The number of anilines is 1. The second-order valence-electron chi connectivity index (χ2n) is 10.6. The Balaban J connectivity index is 2.07. The van der Waals surface area contributed by atoms with E-state index < -0.39 is 28.5 Å². The maximum absolute atomic E-state index is 14.1. The number of rotatable bonds is 11. The van der Waals surface area contributed by atoms with Crippen molar-refractivity contribution in [2.24, 2.45) is 0 Å². The summed E-state index contributed by atoms with van der Waals surface area (Å²) in [7, 11) is -4.10. The first kappa shape index (κ1) is 30.9. The van der Waals surface area contributed by atoms with Gasteiger partial charge in [0.2, 0.25) is 11.8 Å². The Kier molecular flexibility index (Phi) is 10.1. The first-order valence-electron chi connectivity index (χ1n) is 13.7. The zero-order valence-corrected chi connectivity index (χ0v) is 25.4. The van der Waals surface area contributed by atoms with E-state index in [0.29, 0.717) is 5.69 Å². The van der Waals surface area contributed by atoms with Gasteiger partial charge >= 0.3 is 0 Å². The van der Waals surface area contributed by atoms with Crippen molar-refractivity contribution in [2.75, 3.05) is 10.8 Å². The van der Waals surface area contributed by atoms with Crippen LogP contribution < -0.4 is 9.62 Å². The zero-order valence-electron chi connectivity index (χ0n) is 24.6. The van der Waals surface area contributed by atoms with Crippen molar-refractivity contribution in [1.82, 2.24) is 10.2 Å². The first-order valence-corrected chi connectivity index (χ1v) is 15.1. The minimum absolute atomic E-state index is 0.0565. The largest absolute Gasteiger partial charge is 0.352 e. The predicted molar refractivity (Wildman–Crippen MR) is 161 cm³/mol. The van der Waals surface area contributed by atoms with Crippen LogP contribution in [0.5, 0.6) is 0 Å². The van der Waals surface area contributed by atoms with Gasteiger partial charge in [-0.05, 0) is 82.9 Å². The van der Waals surface area contributed by atoms with Gasteiger partial charge in [-0.2, -0.15) is 0 Å². The highest BCUT2D eigenvalue weighted by Gasteiger charge is 2.33. The molecule has 3 aromatic rings. The van der Waals surface area contributed by atoms with E-state index in [1.807, 2.05) is 77.9 Å². The van der Waals surface area contributed by atoms with Crippen molar-refractivity contribution in [3.05, 3.63) is 94.5 Å². The van der Waals surface area contributed by atoms with Gasteiger partial charge < -0.3 is 10.2 Å². The third kappa shape index (κ3) is 7.30. The topological polar surface area (TPSA) is 86.8 Å². The lowest BCUT2D eigenvalue weighted by Crippen LogP contribution is -2.52. The number of amides is 2. The van der Waals surface area contributed by atoms with Gasteiger partial charge in [0.1, 0.15) is 12.6 Å². The van der Waals surface area contributed by atoms with Crippen molar-refractivity contribution >= 4 is 27.5 Å². The first-order chi connectivity index (χ1) is 18.8. The van der Waals surface area contributed by atoms with Crippen molar-refractivity contribution < 1.29 is 18.0 Å². The maximum Gasteiger partial charge on any atom is 0.264 e. The number of nitrogens with zero attached hydrogens (tertiary/aromatic N) is 2. The van der Waals surface area contributed by atoms with Gasteiger partial charge in [0.05, 0.1) is 10.6 Å². The monoisotopic (exact) mass is 563 g/mol. The summed E-state index contributed by atoms with van der Waals surface area (Å²) in [4.78, 5) is 28.9. The minimum atomic E-state index is -4.10. The molecule has 2 atom stereocenters. The molecule has 0 heterocycles. The average Bonchev–Trinajstić information content (AvgIpc) is 2.91. The van der Waals surface area contributed by atoms with E-state index in [1.54, 1.807) is 37.3 Å². The van der Waals surface area contributed by atoms with E-state index in [0.717, 1.165) is 34.2 Å². The fourth-order valence-electron chi connectivity index (χ4n) is 4.46. The molecule has 0 aliphatic heterocycles. The molecule has 0 aliphatic carbocycles. The lowest BCUT2D eigenvalue weighted by atomic mass is 10.1. The number of benzene rings is 3. The highest BCUT2D eigenvalue weighted by molar-refractivity contribution is 7.92. The summed E-state index contributed by atoms with van der Waals surface area (Å²) in [6.45, 7) is 12.9. The maximum atomic E-state index is 14.1. The van der Waals surface area contributed by atoms with Crippen LogP contribution in [0.3, 0.4) is 0 Å². The molecule has 0 saturated heterocycles. The Morgan fingerprint density at radius 3 is 2.08 bits per heavy atom. The van der Waals surface area contributed by atoms with Gasteiger partial charge in [0.25, 0.3) is 10.0 Å². The van der Waals surface area contributed by atoms with Crippen LogP contribution in [0.4, 0.5) is 5.69 Å². The van der Waals surface area contributed by atoms with E-state index in [4.69, 9.17) is 0 Å². The zero-order chi connectivity index (χ0) is 29.6. The molecule has 0 bridgehead atoms. The van der Waals surface area contributed by atoms with Crippen molar-refractivity contribution in [3.63, 3.8) is 0 Å². The minimum Gasteiger partial charge on any atom is -0.352 e. The number of carbonyl (C=O) groups is 2. The summed E-state index contributed by atoms with van der Waals surface area (Å²) in [5.74, 6) is -0.749. The van der Waals surface area contributed by atoms with Gasteiger partial charge in [-0.15, -0.1) is 0 Å². The van der Waals surface area contributed by atoms with Crippen LogP contribution in [0.25, 0.3) is 0 Å². The van der Waals surface area contributed by atoms with Gasteiger partial charge in [-0.3, -0.25) is 13.9 Å². The van der Waals surface area contributed by atoms with Crippen LogP contribution in [0, 0.1) is 27.7 Å². The Labute approximate surface area is 239 Å². The molecule has 2 amide bonds. The average molecular weight is 564 g/mol.